The van der Waals surface area contributed by atoms with Crippen LogP contribution in [0.2, 0.25) is 0 Å². The van der Waals surface area contributed by atoms with E-state index in [1.54, 1.807) is 6.92 Å². The van der Waals surface area contributed by atoms with Crippen molar-refractivity contribution in [3.05, 3.63) is 0 Å². The lowest BCUT2D eigenvalue weighted by Crippen LogP contribution is -2.26. The van der Waals surface area contributed by atoms with Crippen molar-refractivity contribution in [3.8, 4) is 0 Å². The molecular formula is C7H17O5P. The fourth-order valence-electron chi connectivity index (χ4n) is 1.07. The first kappa shape index (κ1) is 13.1. The maximum Gasteiger partial charge on any atom is 0.469 e. The Labute approximate surface area is 78.0 Å². The smallest absolute Gasteiger partial charge is 0.393 e. The quantitative estimate of drug-likeness (QED) is 0.585. The van der Waals surface area contributed by atoms with Crippen LogP contribution in [0.25, 0.3) is 0 Å². The van der Waals surface area contributed by atoms with Gasteiger partial charge in [-0.05, 0) is 12.8 Å². The summed E-state index contributed by atoms with van der Waals surface area (Å²) in [6.45, 7) is 5.17. The predicted molar refractivity (Wildman–Crippen MR) is 48.0 cm³/mol. The summed E-state index contributed by atoms with van der Waals surface area (Å²) in [7, 11) is -4.41. The fourth-order valence-corrected chi connectivity index (χ4v) is 1.44. The second kappa shape index (κ2) is 5.08. The molecular weight excluding hydrogens is 195 g/mol. The molecule has 0 aromatic heterocycles. The first-order valence-corrected chi connectivity index (χ1v) is 5.65. The summed E-state index contributed by atoms with van der Waals surface area (Å²) in [6, 6.07) is 0. The molecule has 80 valence electrons. The number of hydrogen-bond acceptors (Lipinski definition) is 3. The maximum absolute atomic E-state index is 10.4. The molecule has 0 heterocycles. The fraction of sp³-hybridized carbons (Fsp3) is 1.00. The lowest BCUT2D eigenvalue weighted by molar-refractivity contribution is 0.0510. The molecule has 0 aliphatic carbocycles. The van der Waals surface area contributed by atoms with E-state index < -0.39 is 13.9 Å². The number of hydrogen-bond donors (Lipinski definition) is 3. The minimum absolute atomic E-state index is 0.117. The Morgan fingerprint density at radius 2 is 1.77 bits per heavy atom. The normalized spacial score (nSPS) is 17.5. The molecule has 0 fully saturated rings. The Balaban J connectivity index is 4.06. The number of phosphoric acid groups is 1. The monoisotopic (exact) mass is 212 g/mol. The Kier molecular flexibility index (Phi) is 5.10. The van der Waals surface area contributed by atoms with Gasteiger partial charge in [-0.1, -0.05) is 13.8 Å². The Hall–Kier alpha value is 0.0700. The highest BCUT2D eigenvalue weighted by atomic mass is 31.2. The third-order valence-corrected chi connectivity index (χ3v) is 2.40. The largest absolute Gasteiger partial charge is 0.469 e. The van der Waals surface area contributed by atoms with Crippen LogP contribution in [0.1, 0.15) is 20.8 Å². The van der Waals surface area contributed by atoms with Gasteiger partial charge in [-0.2, -0.15) is 0 Å². The van der Waals surface area contributed by atoms with Gasteiger partial charge in [0.1, 0.15) is 0 Å². The molecule has 0 aromatic rings. The topological polar surface area (TPSA) is 87.0 Å². The van der Waals surface area contributed by atoms with Gasteiger partial charge in [-0.3, -0.25) is 4.52 Å². The molecule has 3 N–H and O–H groups in total. The van der Waals surface area contributed by atoms with Gasteiger partial charge in [0.2, 0.25) is 0 Å². The SMILES string of the molecule is CC(C)[C@H](COP(=O)(O)O)[C@@H](C)O. The molecule has 0 rings (SSSR count). The Bertz CT molecular complexity index is 177. The average molecular weight is 212 g/mol. The lowest BCUT2D eigenvalue weighted by Gasteiger charge is -2.23. The van der Waals surface area contributed by atoms with Crippen LogP contribution in [0.5, 0.6) is 0 Å². The standard InChI is InChI=1S/C7H17O5P/c1-5(2)7(6(3)8)4-12-13(9,10)11/h5-8H,4H2,1-3H3,(H2,9,10,11)/t6-,7+/m1/s1. The van der Waals surface area contributed by atoms with Crippen molar-refractivity contribution in [1.82, 2.24) is 0 Å². The minimum atomic E-state index is -4.41. The maximum atomic E-state index is 10.4. The summed E-state index contributed by atoms with van der Waals surface area (Å²) in [5, 5.41) is 9.25. The molecule has 0 bridgehead atoms. The number of aliphatic hydroxyl groups is 1. The van der Waals surface area contributed by atoms with Crippen LogP contribution in [-0.4, -0.2) is 27.6 Å². The molecule has 2 atom stereocenters. The third kappa shape index (κ3) is 6.18. The molecule has 0 unspecified atom stereocenters. The van der Waals surface area contributed by atoms with E-state index in [1.165, 1.54) is 0 Å². The van der Waals surface area contributed by atoms with Gasteiger partial charge in [-0.15, -0.1) is 0 Å². The number of aliphatic hydroxyl groups excluding tert-OH is 1. The van der Waals surface area contributed by atoms with Crippen LogP contribution in [-0.2, 0) is 9.09 Å². The van der Waals surface area contributed by atoms with Crippen molar-refractivity contribution in [2.75, 3.05) is 6.61 Å². The van der Waals surface area contributed by atoms with E-state index in [0.29, 0.717) is 0 Å². The van der Waals surface area contributed by atoms with Gasteiger partial charge in [0, 0.05) is 5.92 Å². The van der Waals surface area contributed by atoms with Gasteiger partial charge in [0.15, 0.2) is 0 Å². The minimum Gasteiger partial charge on any atom is -0.393 e. The zero-order valence-corrected chi connectivity index (χ0v) is 8.94. The van der Waals surface area contributed by atoms with Crippen LogP contribution >= 0.6 is 7.82 Å². The number of phosphoric ester groups is 1. The Morgan fingerprint density at radius 1 is 1.31 bits per heavy atom. The van der Waals surface area contributed by atoms with Crippen LogP contribution in [0.4, 0.5) is 0 Å². The Morgan fingerprint density at radius 3 is 2.00 bits per heavy atom. The molecule has 0 spiro atoms. The van der Waals surface area contributed by atoms with Gasteiger partial charge in [-0.25, -0.2) is 4.57 Å². The van der Waals surface area contributed by atoms with Crippen molar-refractivity contribution in [3.63, 3.8) is 0 Å². The van der Waals surface area contributed by atoms with Gasteiger partial charge < -0.3 is 14.9 Å². The zero-order valence-electron chi connectivity index (χ0n) is 8.04. The van der Waals surface area contributed by atoms with E-state index in [2.05, 4.69) is 4.52 Å². The summed E-state index contributed by atoms with van der Waals surface area (Å²) in [6.07, 6.45) is -0.633. The molecule has 0 amide bonds. The highest BCUT2D eigenvalue weighted by Crippen LogP contribution is 2.37. The second-order valence-electron chi connectivity index (χ2n) is 3.43. The lowest BCUT2D eigenvalue weighted by atomic mass is 9.92. The van der Waals surface area contributed by atoms with Crippen molar-refractivity contribution >= 4 is 7.82 Å². The zero-order chi connectivity index (χ0) is 10.6. The van der Waals surface area contributed by atoms with Crippen LogP contribution in [0.3, 0.4) is 0 Å². The van der Waals surface area contributed by atoms with Crippen molar-refractivity contribution in [1.29, 1.82) is 0 Å². The molecule has 0 aliphatic heterocycles. The highest BCUT2D eigenvalue weighted by molar-refractivity contribution is 7.46. The molecule has 0 aromatic carbocycles. The predicted octanol–water partition coefficient (Wildman–Crippen LogP) is 0.749. The van der Waals surface area contributed by atoms with Crippen molar-refractivity contribution in [2.24, 2.45) is 11.8 Å². The summed E-state index contributed by atoms with van der Waals surface area (Å²) in [5.74, 6) is -0.140. The molecule has 6 heteroatoms. The van der Waals surface area contributed by atoms with E-state index in [1.807, 2.05) is 13.8 Å². The molecule has 0 saturated carbocycles. The second-order valence-corrected chi connectivity index (χ2v) is 4.67. The van der Waals surface area contributed by atoms with Gasteiger partial charge in [0.25, 0.3) is 0 Å². The van der Waals surface area contributed by atoms with E-state index in [4.69, 9.17) is 9.79 Å². The van der Waals surface area contributed by atoms with Crippen molar-refractivity contribution < 1.29 is 24.0 Å². The molecule has 5 nitrogen and oxygen atoms in total. The summed E-state index contributed by atoms with van der Waals surface area (Å²) in [4.78, 5) is 16.9. The van der Waals surface area contributed by atoms with Gasteiger partial charge >= 0.3 is 7.82 Å². The van der Waals surface area contributed by atoms with E-state index in [9.17, 15) is 9.67 Å². The highest BCUT2D eigenvalue weighted by Gasteiger charge is 2.23. The summed E-state index contributed by atoms with van der Waals surface area (Å²) in [5.41, 5.74) is 0. The molecule has 0 radical (unpaired) electrons. The summed E-state index contributed by atoms with van der Waals surface area (Å²) >= 11 is 0. The molecule has 0 saturated heterocycles. The first-order chi connectivity index (χ1) is 5.74. The van der Waals surface area contributed by atoms with E-state index >= 15 is 0 Å². The first-order valence-electron chi connectivity index (χ1n) is 4.12. The molecule has 0 aliphatic rings. The number of rotatable bonds is 5. The third-order valence-electron chi connectivity index (χ3n) is 1.91. The van der Waals surface area contributed by atoms with Gasteiger partial charge in [0.05, 0.1) is 12.7 Å². The van der Waals surface area contributed by atoms with Crippen LogP contribution < -0.4 is 0 Å². The van der Waals surface area contributed by atoms with Crippen LogP contribution in [0.15, 0.2) is 0 Å². The average Bonchev–Trinajstić information content (AvgIpc) is 1.82. The van der Waals surface area contributed by atoms with Crippen molar-refractivity contribution in [2.45, 2.75) is 26.9 Å². The molecule has 13 heavy (non-hydrogen) atoms. The van der Waals surface area contributed by atoms with E-state index in [-0.39, 0.29) is 18.4 Å². The van der Waals surface area contributed by atoms with Crippen LogP contribution in [0, 0.1) is 11.8 Å². The summed E-state index contributed by atoms with van der Waals surface area (Å²) < 4.78 is 14.7. The van der Waals surface area contributed by atoms with E-state index in [0.717, 1.165) is 0 Å².